The largest absolute Gasteiger partial charge is 0.467 e. The Kier molecular flexibility index (Phi) is 11.3. The minimum absolute atomic E-state index is 0. The van der Waals surface area contributed by atoms with E-state index >= 15 is 0 Å². The number of carbonyl (C=O) groups excluding carboxylic acids is 2. The highest BCUT2D eigenvalue weighted by Gasteiger charge is 2.24. The third-order valence-corrected chi connectivity index (χ3v) is 6.36. The molecule has 0 bridgehead atoms. The predicted octanol–water partition coefficient (Wildman–Crippen LogP) is 3.23. The molecule has 8 heteroatoms. The number of fused-ring (bicyclic) bond motifs is 1. The van der Waals surface area contributed by atoms with Gasteiger partial charge in [0.05, 0.1) is 13.7 Å². The normalized spacial score (nSPS) is 16.5. The van der Waals surface area contributed by atoms with Crippen LogP contribution in [-0.2, 0) is 20.9 Å². The van der Waals surface area contributed by atoms with Gasteiger partial charge < -0.3 is 15.4 Å². The first-order valence-corrected chi connectivity index (χ1v) is 12.3. The summed E-state index contributed by atoms with van der Waals surface area (Å²) in [6.07, 6.45) is 4.83. The lowest BCUT2D eigenvalue weighted by atomic mass is 10.0. The first-order chi connectivity index (χ1) is 15.1. The number of thioether (sulfide) groups is 1. The zero-order valence-electron chi connectivity index (χ0n) is 18.8. The van der Waals surface area contributed by atoms with Crippen LogP contribution in [0.5, 0.6) is 0 Å². The molecule has 0 aromatic heterocycles. The summed E-state index contributed by atoms with van der Waals surface area (Å²) >= 11 is 1.65. The number of carbonyl (C=O) groups is 2. The molecule has 1 saturated heterocycles. The van der Waals surface area contributed by atoms with Gasteiger partial charge in [0.2, 0.25) is 5.91 Å². The second-order valence-corrected chi connectivity index (χ2v) is 9.01. The Labute approximate surface area is 201 Å². The number of amides is 1. The fraction of sp³-hybridized carbons (Fsp3) is 0.500. The van der Waals surface area contributed by atoms with Crippen LogP contribution < -0.4 is 10.6 Å². The average molecular weight is 480 g/mol. The van der Waals surface area contributed by atoms with Crippen LogP contribution in [0.4, 0.5) is 0 Å². The van der Waals surface area contributed by atoms with Crippen molar-refractivity contribution in [3.8, 4) is 0 Å². The first kappa shape index (κ1) is 26.5. The Morgan fingerprint density at radius 1 is 1.25 bits per heavy atom. The highest BCUT2D eigenvalue weighted by Crippen LogP contribution is 2.20. The monoisotopic (exact) mass is 479 g/mol. The summed E-state index contributed by atoms with van der Waals surface area (Å²) in [5.74, 6) is 0.251. The molecule has 1 fully saturated rings. The van der Waals surface area contributed by atoms with Crippen molar-refractivity contribution in [1.82, 2.24) is 15.5 Å². The van der Waals surface area contributed by atoms with E-state index < -0.39 is 6.04 Å². The molecule has 2 atom stereocenters. The van der Waals surface area contributed by atoms with Crippen LogP contribution in [0.3, 0.4) is 0 Å². The fourth-order valence-electron chi connectivity index (χ4n) is 4.15. The molecule has 176 valence electrons. The number of halogens is 1. The second kappa shape index (κ2) is 13.7. The Morgan fingerprint density at radius 3 is 2.75 bits per heavy atom. The zero-order valence-corrected chi connectivity index (χ0v) is 20.5. The predicted molar refractivity (Wildman–Crippen MR) is 134 cm³/mol. The molecule has 1 heterocycles. The van der Waals surface area contributed by atoms with Crippen LogP contribution in [0, 0.1) is 0 Å². The third-order valence-electron chi connectivity index (χ3n) is 5.71. The lowest BCUT2D eigenvalue weighted by Crippen LogP contribution is -2.48. The van der Waals surface area contributed by atoms with Crippen LogP contribution >= 0.6 is 24.2 Å². The van der Waals surface area contributed by atoms with Crippen LogP contribution in [0.1, 0.15) is 24.8 Å². The summed E-state index contributed by atoms with van der Waals surface area (Å²) in [6, 6.07) is 14.4. The Balaban J connectivity index is 0.00000363. The molecule has 0 radical (unpaired) electrons. The highest BCUT2D eigenvalue weighted by molar-refractivity contribution is 7.98. The molecule has 0 saturated carbocycles. The number of esters is 1. The number of ether oxygens (including phenoxy) is 1. The number of nitrogens with zero attached hydrogens (tertiary/aromatic N) is 1. The van der Waals surface area contributed by atoms with Gasteiger partial charge >= 0.3 is 5.97 Å². The van der Waals surface area contributed by atoms with Gasteiger partial charge in [-0.05, 0) is 54.2 Å². The molecular formula is C24H34ClN3O3S. The summed E-state index contributed by atoms with van der Waals surface area (Å²) in [6.45, 7) is 2.75. The van der Waals surface area contributed by atoms with E-state index in [0.717, 1.165) is 31.7 Å². The summed E-state index contributed by atoms with van der Waals surface area (Å²) in [4.78, 5) is 27.2. The van der Waals surface area contributed by atoms with E-state index in [-0.39, 0.29) is 30.8 Å². The van der Waals surface area contributed by atoms with Crippen LogP contribution in [0.25, 0.3) is 10.8 Å². The lowest BCUT2D eigenvalue weighted by molar-refractivity contribution is -0.145. The van der Waals surface area contributed by atoms with E-state index in [0.29, 0.717) is 19.0 Å². The van der Waals surface area contributed by atoms with Crippen molar-refractivity contribution < 1.29 is 14.3 Å². The number of benzene rings is 2. The van der Waals surface area contributed by atoms with Crippen LogP contribution in [0.15, 0.2) is 42.5 Å². The van der Waals surface area contributed by atoms with Gasteiger partial charge in [0, 0.05) is 19.1 Å². The molecule has 1 aliphatic rings. The SMILES string of the molecule is COC(=O)[C@H](CCSC)NC(=O)CN(Cc1cccc2ccccc12)C[C@@H]1CCCN1.Cl. The molecule has 1 amide bonds. The maximum absolute atomic E-state index is 12.9. The first-order valence-electron chi connectivity index (χ1n) is 10.9. The molecular weight excluding hydrogens is 446 g/mol. The fourth-order valence-corrected chi connectivity index (χ4v) is 4.62. The van der Waals surface area contributed by atoms with E-state index in [4.69, 9.17) is 4.74 Å². The molecule has 0 aliphatic carbocycles. The summed E-state index contributed by atoms with van der Waals surface area (Å²) in [7, 11) is 1.36. The topological polar surface area (TPSA) is 70.7 Å². The number of nitrogens with one attached hydrogen (secondary N) is 2. The van der Waals surface area contributed by atoms with Gasteiger partial charge in [0.25, 0.3) is 0 Å². The summed E-state index contributed by atoms with van der Waals surface area (Å²) in [5.41, 5.74) is 1.20. The molecule has 2 N–H and O–H groups in total. The molecule has 32 heavy (non-hydrogen) atoms. The van der Waals surface area contributed by atoms with Crippen molar-refractivity contribution in [3.05, 3.63) is 48.0 Å². The highest BCUT2D eigenvalue weighted by atomic mass is 35.5. The minimum atomic E-state index is -0.603. The van der Waals surface area contributed by atoms with Gasteiger partial charge in [-0.15, -0.1) is 12.4 Å². The Hall–Kier alpha value is -1.80. The van der Waals surface area contributed by atoms with Gasteiger partial charge in [-0.2, -0.15) is 11.8 Å². The van der Waals surface area contributed by atoms with Gasteiger partial charge in [-0.1, -0.05) is 42.5 Å². The summed E-state index contributed by atoms with van der Waals surface area (Å²) < 4.78 is 4.88. The van der Waals surface area contributed by atoms with Gasteiger partial charge in [-0.3, -0.25) is 9.69 Å². The van der Waals surface area contributed by atoms with Gasteiger partial charge in [0.15, 0.2) is 0 Å². The molecule has 2 aromatic carbocycles. The standard InChI is InChI=1S/C24H33N3O3S.ClH/c1-30-24(29)22(12-14-31-2)26-23(28)17-27(16-20-10-6-13-25-20)15-19-9-5-8-18-7-3-4-11-21(18)19;/h3-5,7-9,11,20,22,25H,6,10,12-17H2,1-2H3,(H,26,28);1H/t20-,22-;/m0./s1. The summed E-state index contributed by atoms with van der Waals surface area (Å²) in [5, 5.41) is 8.83. The molecule has 2 aromatic rings. The maximum atomic E-state index is 12.9. The van der Waals surface area contributed by atoms with E-state index in [9.17, 15) is 9.59 Å². The Bertz CT molecular complexity index is 871. The minimum Gasteiger partial charge on any atom is -0.467 e. The number of rotatable bonds is 11. The maximum Gasteiger partial charge on any atom is 0.328 e. The van der Waals surface area contributed by atoms with Crippen molar-refractivity contribution in [2.24, 2.45) is 0 Å². The quantitative estimate of drug-likeness (QED) is 0.482. The van der Waals surface area contributed by atoms with Crippen molar-refractivity contribution in [1.29, 1.82) is 0 Å². The van der Waals surface area contributed by atoms with E-state index in [1.165, 1.54) is 23.4 Å². The third kappa shape index (κ3) is 7.66. The van der Waals surface area contributed by atoms with Crippen molar-refractivity contribution in [2.45, 2.75) is 37.9 Å². The second-order valence-electron chi connectivity index (χ2n) is 8.03. The van der Waals surface area contributed by atoms with E-state index in [2.05, 4.69) is 45.9 Å². The van der Waals surface area contributed by atoms with Gasteiger partial charge in [-0.25, -0.2) is 4.79 Å². The lowest BCUT2D eigenvalue weighted by Gasteiger charge is -2.26. The zero-order chi connectivity index (χ0) is 22.1. The Morgan fingerprint density at radius 2 is 2.03 bits per heavy atom. The molecule has 3 rings (SSSR count). The smallest absolute Gasteiger partial charge is 0.328 e. The van der Waals surface area contributed by atoms with Gasteiger partial charge in [0.1, 0.15) is 6.04 Å². The molecule has 0 unspecified atom stereocenters. The number of hydrogen-bond donors (Lipinski definition) is 2. The molecule has 1 aliphatic heterocycles. The van der Waals surface area contributed by atoms with Crippen molar-refractivity contribution >= 4 is 46.8 Å². The van der Waals surface area contributed by atoms with E-state index in [1.807, 2.05) is 18.4 Å². The van der Waals surface area contributed by atoms with Crippen molar-refractivity contribution in [2.75, 3.05) is 38.8 Å². The number of hydrogen-bond acceptors (Lipinski definition) is 6. The number of methoxy groups -OCH3 is 1. The average Bonchev–Trinajstić information content (AvgIpc) is 3.29. The van der Waals surface area contributed by atoms with Crippen LogP contribution in [-0.4, -0.2) is 67.6 Å². The van der Waals surface area contributed by atoms with Crippen LogP contribution in [0.2, 0.25) is 0 Å². The molecule has 0 spiro atoms. The van der Waals surface area contributed by atoms with E-state index in [1.54, 1.807) is 11.8 Å². The molecule has 6 nitrogen and oxygen atoms in total. The van der Waals surface area contributed by atoms with Crippen molar-refractivity contribution in [3.63, 3.8) is 0 Å².